The van der Waals surface area contributed by atoms with Crippen molar-refractivity contribution in [3.8, 4) is 0 Å². The first kappa shape index (κ1) is 12.4. The minimum atomic E-state index is 0.250. The highest BCUT2D eigenvalue weighted by molar-refractivity contribution is 5.16. The van der Waals surface area contributed by atoms with Crippen LogP contribution in [-0.4, -0.2) is 15.8 Å². The van der Waals surface area contributed by atoms with Gasteiger partial charge in [0.25, 0.3) is 0 Å². The van der Waals surface area contributed by atoms with Crippen molar-refractivity contribution in [2.45, 2.75) is 58.0 Å². The summed E-state index contributed by atoms with van der Waals surface area (Å²) in [4.78, 5) is 0. The number of nitrogens with zero attached hydrogens (tertiary/aromatic N) is 2. The van der Waals surface area contributed by atoms with E-state index in [1.165, 1.54) is 30.5 Å². The maximum absolute atomic E-state index is 6.03. The molecule has 1 atom stereocenters. The Morgan fingerprint density at radius 2 is 2.29 bits per heavy atom. The van der Waals surface area contributed by atoms with Crippen LogP contribution in [0.1, 0.15) is 51.3 Å². The molecule has 0 amide bonds. The van der Waals surface area contributed by atoms with Crippen molar-refractivity contribution in [1.82, 2.24) is 9.78 Å². The van der Waals surface area contributed by atoms with Gasteiger partial charge in [0.05, 0.1) is 5.69 Å². The van der Waals surface area contributed by atoms with Gasteiger partial charge in [-0.25, -0.2) is 0 Å². The van der Waals surface area contributed by atoms with Gasteiger partial charge >= 0.3 is 0 Å². The first-order chi connectivity index (χ1) is 8.15. The third-order valence-electron chi connectivity index (χ3n) is 3.34. The Bertz CT molecular complexity index is 390. The number of aromatic nitrogens is 2. The van der Waals surface area contributed by atoms with Crippen LogP contribution in [0.2, 0.25) is 0 Å². The maximum Gasteiger partial charge on any atom is 0.0665 e. The first-order valence-corrected chi connectivity index (χ1v) is 6.64. The molecule has 1 aliphatic rings. The van der Waals surface area contributed by atoms with Crippen LogP contribution < -0.4 is 5.73 Å². The highest BCUT2D eigenvalue weighted by atomic mass is 15.3. The van der Waals surface area contributed by atoms with Crippen LogP contribution in [0.25, 0.3) is 0 Å². The van der Waals surface area contributed by atoms with Gasteiger partial charge in [-0.1, -0.05) is 18.1 Å². The van der Waals surface area contributed by atoms with Crippen LogP contribution in [0.15, 0.2) is 23.9 Å². The lowest BCUT2D eigenvalue weighted by Crippen LogP contribution is -2.16. The molecule has 3 nitrogen and oxygen atoms in total. The lowest BCUT2D eigenvalue weighted by molar-refractivity contribution is 0.527. The number of hydrogen-bond acceptors (Lipinski definition) is 2. The fourth-order valence-corrected chi connectivity index (χ4v) is 2.34. The highest BCUT2D eigenvalue weighted by Crippen LogP contribution is 2.20. The summed E-state index contributed by atoms with van der Waals surface area (Å²) in [6.07, 6.45) is 10.1. The molecule has 0 aliphatic heterocycles. The molecule has 17 heavy (non-hydrogen) atoms. The molecule has 0 aromatic carbocycles. The van der Waals surface area contributed by atoms with Crippen LogP contribution in [-0.2, 0) is 6.42 Å². The second-order valence-electron chi connectivity index (χ2n) is 5.29. The Labute approximate surface area is 104 Å². The minimum Gasteiger partial charge on any atom is -0.324 e. The van der Waals surface area contributed by atoms with Crippen molar-refractivity contribution in [3.05, 3.63) is 29.6 Å². The van der Waals surface area contributed by atoms with Gasteiger partial charge in [-0.05, 0) is 39.2 Å². The summed E-state index contributed by atoms with van der Waals surface area (Å²) in [6.45, 7) is 4.30. The monoisotopic (exact) mass is 233 g/mol. The van der Waals surface area contributed by atoms with Crippen LogP contribution in [0.5, 0.6) is 0 Å². The lowest BCUT2D eigenvalue weighted by atomic mass is 10.1. The zero-order valence-corrected chi connectivity index (χ0v) is 10.9. The highest BCUT2D eigenvalue weighted by Gasteiger charge is 2.10. The summed E-state index contributed by atoms with van der Waals surface area (Å²) in [6, 6.07) is 2.81. The molecule has 1 aliphatic carbocycles. The van der Waals surface area contributed by atoms with Crippen LogP contribution in [0.4, 0.5) is 0 Å². The van der Waals surface area contributed by atoms with E-state index in [2.05, 4.69) is 37.3 Å². The number of allylic oxidation sites excluding steroid dienone is 1. The first-order valence-electron chi connectivity index (χ1n) is 6.64. The number of rotatable bonds is 3. The van der Waals surface area contributed by atoms with Crippen molar-refractivity contribution in [3.63, 3.8) is 0 Å². The standard InChI is InChI=1S/C14H23N3/c1-11(2)17-8-7-14(16-17)10-12-5-3-4-6-13(15)9-12/h7-9,11,13H,3-6,10,15H2,1-2H3. The molecular weight excluding hydrogens is 210 g/mol. The van der Waals surface area contributed by atoms with Gasteiger partial charge in [-0.2, -0.15) is 5.10 Å². The Morgan fingerprint density at radius 3 is 3.00 bits per heavy atom. The third-order valence-corrected chi connectivity index (χ3v) is 3.34. The molecular formula is C14H23N3. The van der Waals surface area contributed by atoms with E-state index in [4.69, 9.17) is 5.73 Å². The molecule has 1 unspecified atom stereocenters. The molecule has 0 spiro atoms. The molecule has 0 bridgehead atoms. The van der Waals surface area contributed by atoms with E-state index in [1.54, 1.807) is 0 Å². The predicted molar refractivity (Wildman–Crippen MR) is 70.8 cm³/mol. The second kappa shape index (κ2) is 5.50. The Balaban J connectivity index is 2.03. The van der Waals surface area contributed by atoms with Crippen LogP contribution in [0, 0.1) is 0 Å². The minimum absolute atomic E-state index is 0.250. The molecule has 2 rings (SSSR count). The van der Waals surface area contributed by atoms with Crippen molar-refractivity contribution < 1.29 is 0 Å². The van der Waals surface area contributed by atoms with E-state index in [-0.39, 0.29) is 6.04 Å². The van der Waals surface area contributed by atoms with Crippen molar-refractivity contribution >= 4 is 0 Å². The molecule has 1 heterocycles. The lowest BCUT2D eigenvalue weighted by Gasteiger charge is -2.06. The van der Waals surface area contributed by atoms with E-state index in [1.807, 2.05) is 4.68 Å². The normalized spacial score (nSPS) is 21.4. The molecule has 0 fully saturated rings. The van der Waals surface area contributed by atoms with Gasteiger partial charge in [0.2, 0.25) is 0 Å². The van der Waals surface area contributed by atoms with Gasteiger partial charge in [-0.3, -0.25) is 4.68 Å². The topological polar surface area (TPSA) is 43.8 Å². The molecule has 0 saturated carbocycles. The molecule has 1 aromatic rings. The average Bonchev–Trinajstić information content (AvgIpc) is 2.63. The van der Waals surface area contributed by atoms with E-state index in [9.17, 15) is 0 Å². The fraction of sp³-hybridized carbons (Fsp3) is 0.643. The Morgan fingerprint density at radius 1 is 1.47 bits per heavy atom. The van der Waals surface area contributed by atoms with Crippen LogP contribution in [0.3, 0.4) is 0 Å². The zero-order chi connectivity index (χ0) is 12.3. The Hall–Kier alpha value is -1.09. The Kier molecular flexibility index (Phi) is 4.00. The zero-order valence-electron chi connectivity index (χ0n) is 10.9. The molecule has 3 heteroatoms. The van der Waals surface area contributed by atoms with Crippen molar-refractivity contribution in [2.24, 2.45) is 5.73 Å². The number of hydrogen-bond donors (Lipinski definition) is 1. The summed E-state index contributed by atoms with van der Waals surface area (Å²) < 4.78 is 2.02. The van der Waals surface area contributed by atoms with Gasteiger partial charge in [0, 0.05) is 24.7 Å². The third kappa shape index (κ3) is 3.43. The quantitative estimate of drug-likeness (QED) is 0.816. The molecule has 0 saturated heterocycles. The van der Waals surface area contributed by atoms with Gasteiger partial charge in [0.15, 0.2) is 0 Å². The van der Waals surface area contributed by atoms with E-state index >= 15 is 0 Å². The molecule has 2 N–H and O–H groups in total. The summed E-state index contributed by atoms with van der Waals surface area (Å²) in [5.41, 5.74) is 8.66. The number of nitrogens with two attached hydrogens (primary N) is 1. The van der Waals surface area contributed by atoms with Gasteiger partial charge < -0.3 is 5.73 Å². The largest absolute Gasteiger partial charge is 0.324 e. The molecule has 0 radical (unpaired) electrons. The summed E-state index contributed by atoms with van der Waals surface area (Å²) in [5.74, 6) is 0. The van der Waals surface area contributed by atoms with Crippen molar-refractivity contribution in [2.75, 3.05) is 0 Å². The van der Waals surface area contributed by atoms with E-state index in [0.29, 0.717) is 6.04 Å². The van der Waals surface area contributed by atoms with Gasteiger partial charge in [-0.15, -0.1) is 0 Å². The predicted octanol–water partition coefficient (Wildman–Crippen LogP) is 2.83. The van der Waals surface area contributed by atoms with Gasteiger partial charge in [0.1, 0.15) is 0 Å². The smallest absolute Gasteiger partial charge is 0.0665 e. The van der Waals surface area contributed by atoms with E-state index < -0.39 is 0 Å². The molecule has 1 aromatic heterocycles. The summed E-state index contributed by atoms with van der Waals surface area (Å²) >= 11 is 0. The average molecular weight is 233 g/mol. The molecule has 94 valence electrons. The summed E-state index contributed by atoms with van der Waals surface area (Å²) in [5, 5.41) is 4.59. The maximum atomic E-state index is 6.03. The SMILES string of the molecule is CC(C)n1ccc(CC2=CC(N)CCCC2)n1. The fourth-order valence-electron chi connectivity index (χ4n) is 2.34. The summed E-state index contributed by atoms with van der Waals surface area (Å²) in [7, 11) is 0. The van der Waals surface area contributed by atoms with Crippen molar-refractivity contribution in [1.29, 1.82) is 0 Å². The second-order valence-corrected chi connectivity index (χ2v) is 5.29. The van der Waals surface area contributed by atoms with E-state index in [0.717, 1.165) is 12.8 Å². The van der Waals surface area contributed by atoms with Crippen LogP contribution >= 0.6 is 0 Å².